The Labute approximate surface area is 267 Å². The van der Waals surface area contributed by atoms with Crippen LogP contribution in [0.3, 0.4) is 0 Å². The molecule has 4 aromatic rings. The molecule has 0 saturated carbocycles. The lowest BCUT2D eigenvalue weighted by Gasteiger charge is -2.33. The molecule has 0 atom stereocenters. The predicted molar refractivity (Wildman–Crippen MR) is 184 cm³/mol. The van der Waals surface area contributed by atoms with Crippen LogP contribution >= 0.6 is 31.9 Å². The van der Waals surface area contributed by atoms with Gasteiger partial charge in [-0.05, 0) is 87.5 Å². The number of halogens is 2. The van der Waals surface area contributed by atoms with Gasteiger partial charge < -0.3 is 4.18 Å². The molecule has 0 saturated heterocycles. The summed E-state index contributed by atoms with van der Waals surface area (Å²) in [5.74, 6) is 0.303. The molecule has 4 rings (SSSR count). The fourth-order valence-electron chi connectivity index (χ4n) is 5.05. The summed E-state index contributed by atoms with van der Waals surface area (Å²) in [6.07, 6.45) is 9.11. The van der Waals surface area contributed by atoms with Crippen molar-refractivity contribution in [3.8, 4) is 5.75 Å². The van der Waals surface area contributed by atoms with Crippen LogP contribution in [-0.2, 0) is 15.5 Å². The van der Waals surface area contributed by atoms with Crippen molar-refractivity contribution in [3.63, 3.8) is 0 Å². The fraction of sp³-hybridized carbons (Fsp3) is 0.222. The lowest BCUT2D eigenvalue weighted by Crippen LogP contribution is -2.24. The van der Waals surface area contributed by atoms with Gasteiger partial charge in [-0.15, -0.1) is 0 Å². The summed E-state index contributed by atoms with van der Waals surface area (Å²) in [6, 6.07) is 28.4. The van der Waals surface area contributed by atoms with Crippen LogP contribution < -0.4 is 4.18 Å². The Morgan fingerprint density at radius 2 is 1.17 bits per heavy atom. The summed E-state index contributed by atoms with van der Waals surface area (Å²) >= 11 is 7.09. The number of hydrogen-bond acceptors (Lipinski definition) is 3. The van der Waals surface area contributed by atoms with Crippen molar-refractivity contribution in [2.24, 2.45) is 5.41 Å². The molecule has 0 aromatic heterocycles. The molecule has 6 heteroatoms. The molecule has 0 spiro atoms. The van der Waals surface area contributed by atoms with Gasteiger partial charge in [-0.3, -0.25) is 0 Å². The van der Waals surface area contributed by atoms with Crippen LogP contribution in [0.1, 0.15) is 68.9 Å². The Hall–Kier alpha value is -2.93. The third kappa shape index (κ3) is 9.03. The molecule has 0 unspecified atom stereocenters. The van der Waals surface area contributed by atoms with E-state index in [1.165, 1.54) is 0 Å². The molecular weight excluding hydrogens is 672 g/mol. The van der Waals surface area contributed by atoms with Gasteiger partial charge in [0.15, 0.2) is 0 Å². The summed E-state index contributed by atoms with van der Waals surface area (Å²) in [7, 11) is -3.95. The van der Waals surface area contributed by atoms with Gasteiger partial charge in [0, 0.05) is 8.95 Å². The standard InChI is InChI=1S/C36H36Br2O3S/c1-35(2,3)25-36(4,5)30-16-19-32(20-17-30)41-42(39,40)33-21-13-28(14-22-33)11-8-26-6-9-27(10-7-26)12-15-29-24-31(37)18-23-34(29)38/h6-24H,25H2,1-5H3. The molecule has 0 fully saturated rings. The second kappa shape index (κ2) is 13.2. The molecule has 0 aliphatic carbocycles. The minimum atomic E-state index is -3.95. The van der Waals surface area contributed by atoms with E-state index in [0.717, 1.165) is 43.2 Å². The van der Waals surface area contributed by atoms with E-state index in [9.17, 15) is 8.42 Å². The van der Waals surface area contributed by atoms with Crippen molar-refractivity contribution in [2.45, 2.75) is 51.3 Å². The Morgan fingerprint density at radius 1 is 0.667 bits per heavy atom. The first-order chi connectivity index (χ1) is 19.7. The molecule has 218 valence electrons. The third-order valence-corrected chi connectivity index (χ3v) is 9.28. The second-order valence-corrected chi connectivity index (χ2v) is 15.6. The summed E-state index contributed by atoms with van der Waals surface area (Å²) in [6.45, 7) is 11.1. The lowest BCUT2D eigenvalue weighted by molar-refractivity contribution is 0.284. The van der Waals surface area contributed by atoms with Gasteiger partial charge in [-0.1, -0.05) is 139 Å². The Bertz CT molecular complexity index is 1680. The van der Waals surface area contributed by atoms with E-state index < -0.39 is 10.1 Å². The summed E-state index contributed by atoms with van der Waals surface area (Å²) in [4.78, 5) is 0.116. The van der Waals surface area contributed by atoms with Gasteiger partial charge in [0.05, 0.1) is 0 Å². The monoisotopic (exact) mass is 706 g/mol. The van der Waals surface area contributed by atoms with Crippen LogP contribution in [-0.4, -0.2) is 8.42 Å². The van der Waals surface area contributed by atoms with Gasteiger partial charge in [-0.25, -0.2) is 0 Å². The van der Waals surface area contributed by atoms with Crippen LogP contribution in [0.4, 0.5) is 0 Å². The SMILES string of the molecule is CC(C)(C)CC(C)(C)c1ccc(OS(=O)(=O)c2ccc(C=Cc3ccc(C=Cc4cc(Br)ccc4Br)cc3)cc2)cc1. The van der Waals surface area contributed by atoms with E-state index in [-0.39, 0.29) is 15.7 Å². The van der Waals surface area contributed by atoms with E-state index in [2.05, 4.69) is 96.8 Å². The largest absolute Gasteiger partial charge is 0.379 e. The maximum atomic E-state index is 12.9. The minimum Gasteiger partial charge on any atom is -0.379 e. The topological polar surface area (TPSA) is 43.4 Å². The molecule has 42 heavy (non-hydrogen) atoms. The van der Waals surface area contributed by atoms with E-state index >= 15 is 0 Å². The minimum absolute atomic E-state index is 0.0318. The zero-order valence-electron chi connectivity index (χ0n) is 24.6. The van der Waals surface area contributed by atoms with Crippen LogP contribution in [0.2, 0.25) is 0 Å². The molecule has 0 radical (unpaired) electrons. The van der Waals surface area contributed by atoms with Crippen LogP contribution in [0.15, 0.2) is 105 Å². The summed E-state index contributed by atoms with van der Waals surface area (Å²) in [5.41, 5.74) is 5.43. The van der Waals surface area contributed by atoms with Gasteiger partial charge >= 0.3 is 10.1 Å². The number of benzene rings is 4. The normalized spacial score (nSPS) is 12.7. The van der Waals surface area contributed by atoms with Crippen molar-refractivity contribution < 1.29 is 12.6 Å². The highest BCUT2D eigenvalue weighted by Crippen LogP contribution is 2.37. The van der Waals surface area contributed by atoms with Crippen molar-refractivity contribution in [3.05, 3.63) is 128 Å². The summed E-state index contributed by atoms with van der Waals surface area (Å²) in [5, 5.41) is 0. The van der Waals surface area contributed by atoms with Crippen LogP contribution in [0, 0.1) is 5.41 Å². The molecular formula is C36H36Br2O3S. The van der Waals surface area contributed by atoms with Gasteiger partial charge in [0.2, 0.25) is 0 Å². The Morgan fingerprint density at radius 3 is 1.69 bits per heavy atom. The van der Waals surface area contributed by atoms with E-state index in [0.29, 0.717) is 5.75 Å². The highest BCUT2D eigenvalue weighted by Gasteiger charge is 2.27. The van der Waals surface area contributed by atoms with Crippen molar-refractivity contribution in [1.82, 2.24) is 0 Å². The molecule has 0 N–H and O–H groups in total. The highest BCUT2D eigenvalue weighted by atomic mass is 79.9. The Balaban J connectivity index is 1.38. The van der Waals surface area contributed by atoms with Crippen molar-refractivity contribution in [1.29, 1.82) is 0 Å². The maximum absolute atomic E-state index is 12.9. The van der Waals surface area contributed by atoms with Crippen molar-refractivity contribution >= 4 is 66.3 Å². The Kier molecular flexibility index (Phi) is 10.0. The molecule has 0 amide bonds. The quantitative estimate of drug-likeness (QED) is 0.128. The molecule has 0 aliphatic heterocycles. The van der Waals surface area contributed by atoms with Crippen LogP contribution in [0.5, 0.6) is 5.75 Å². The maximum Gasteiger partial charge on any atom is 0.339 e. The smallest absolute Gasteiger partial charge is 0.339 e. The molecule has 4 aromatic carbocycles. The fourth-order valence-corrected chi connectivity index (χ4v) is 6.74. The van der Waals surface area contributed by atoms with Gasteiger partial charge in [0.1, 0.15) is 10.6 Å². The van der Waals surface area contributed by atoms with E-state index in [1.54, 1.807) is 36.4 Å². The van der Waals surface area contributed by atoms with Crippen LogP contribution in [0.25, 0.3) is 24.3 Å². The first-order valence-electron chi connectivity index (χ1n) is 13.8. The van der Waals surface area contributed by atoms with Crippen molar-refractivity contribution in [2.75, 3.05) is 0 Å². The molecule has 0 bridgehead atoms. The average Bonchev–Trinajstić information content (AvgIpc) is 2.92. The first kappa shape index (κ1) is 32.0. The van der Waals surface area contributed by atoms with E-state index in [1.807, 2.05) is 48.6 Å². The van der Waals surface area contributed by atoms with Gasteiger partial charge in [-0.2, -0.15) is 8.42 Å². The lowest BCUT2D eigenvalue weighted by atomic mass is 9.72. The molecule has 0 heterocycles. The number of rotatable bonds is 9. The average molecular weight is 709 g/mol. The first-order valence-corrected chi connectivity index (χ1v) is 16.8. The van der Waals surface area contributed by atoms with E-state index in [4.69, 9.17) is 4.18 Å². The third-order valence-electron chi connectivity index (χ3n) is 6.80. The molecule has 0 aliphatic rings. The zero-order chi connectivity index (χ0) is 30.5. The van der Waals surface area contributed by atoms with Gasteiger partial charge in [0.25, 0.3) is 0 Å². The molecule has 3 nitrogen and oxygen atoms in total. The predicted octanol–water partition coefficient (Wildman–Crippen LogP) is 11.0. The summed E-state index contributed by atoms with van der Waals surface area (Å²) < 4.78 is 33.4. The zero-order valence-corrected chi connectivity index (χ0v) is 28.6. The number of hydrogen-bond donors (Lipinski definition) is 0. The second-order valence-electron chi connectivity index (χ2n) is 12.3. The highest BCUT2D eigenvalue weighted by molar-refractivity contribution is 9.11.